The summed E-state index contributed by atoms with van der Waals surface area (Å²) in [4.78, 5) is 33.7. The Hall–Kier alpha value is -2.84. The molecule has 3 unspecified atom stereocenters. The molecular formula is C28H29BClFN3O3PS. The zero-order chi connectivity index (χ0) is 29.7. The number of aromatic nitrogens is 2. The van der Waals surface area contributed by atoms with Crippen molar-refractivity contribution < 1.29 is 13.4 Å². The number of hydrogen-bond donors (Lipinski definition) is 1. The first-order valence-electron chi connectivity index (χ1n) is 13.2. The van der Waals surface area contributed by atoms with Crippen LogP contribution >= 0.6 is 19.6 Å². The van der Waals surface area contributed by atoms with Crippen molar-refractivity contribution in [1.82, 2.24) is 14.5 Å². The van der Waals surface area contributed by atoms with E-state index < -0.39 is 41.0 Å². The second-order valence-electron chi connectivity index (χ2n) is 9.19. The molecule has 0 spiro atoms. The molecule has 4 aromatic rings. The van der Waals surface area contributed by atoms with Gasteiger partial charge in [0.1, 0.15) is 0 Å². The van der Waals surface area contributed by atoms with E-state index in [0.717, 1.165) is 17.8 Å². The van der Waals surface area contributed by atoms with E-state index in [-0.39, 0.29) is 17.9 Å². The number of alkyl halides is 1. The maximum atomic E-state index is 15.4. The van der Waals surface area contributed by atoms with Crippen molar-refractivity contribution in [1.29, 1.82) is 2.46 Å². The molecule has 0 bridgehead atoms. The van der Waals surface area contributed by atoms with Gasteiger partial charge in [-0.05, 0) is 6.07 Å². The molecule has 3 atom stereocenters. The minimum absolute atomic E-state index is 0.188. The average Bonchev–Trinajstić information content (AvgIpc) is 2.96. The molecule has 202 valence electrons. The SMILES string of the molecule is [2H]B=S([3H])(=P)OCC(F)CN(C(=O)c1ccc(C)cc1)C(C)c1nc2cc(Cl)ccc2c(=O)n1Cc1ccccc1. The van der Waals surface area contributed by atoms with E-state index in [9.17, 15) is 9.59 Å². The van der Waals surface area contributed by atoms with Crippen LogP contribution in [0.25, 0.3) is 10.9 Å². The summed E-state index contributed by atoms with van der Waals surface area (Å²) < 4.78 is 37.3. The van der Waals surface area contributed by atoms with Crippen molar-refractivity contribution in [3.8, 4) is 0 Å². The van der Waals surface area contributed by atoms with Crippen molar-refractivity contribution in [2.24, 2.45) is 0 Å². The van der Waals surface area contributed by atoms with Gasteiger partial charge >= 0.3 is 204 Å². The minimum Gasteiger partial charge on any atom is -0.0622 e. The zero-order valence-electron chi connectivity index (χ0n) is 23.5. The molecule has 3 aromatic carbocycles. The standard InChI is InChI=1S/C28H29BClFN3O3PS/c1-18-8-10-21(11-9-18)27(35)33(16-23(31)17-37-39(29)38)19(2)26-32-25-14-22(30)12-13-24(25)28(36)34(26)15-20-6-4-3-5-7-20/h3-14,19,23,29,38-39H,15-17H2,1-2H3/i29D,39T. The van der Waals surface area contributed by atoms with Crippen molar-refractivity contribution in [3.63, 3.8) is 0 Å². The van der Waals surface area contributed by atoms with E-state index in [4.69, 9.17) is 23.2 Å². The number of amides is 1. The summed E-state index contributed by atoms with van der Waals surface area (Å²) in [5.41, 5.74) is 2.21. The third-order valence-corrected chi connectivity index (χ3v) is 7.28. The van der Waals surface area contributed by atoms with Crippen LogP contribution in [-0.2, 0) is 20.4 Å². The van der Waals surface area contributed by atoms with Crippen LogP contribution in [0.3, 0.4) is 0 Å². The number of carbonyl (C=O) groups excluding carboxylic acids is 1. The number of benzene rings is 3. The van der Waals surface area contributed by atoms with E-state index in [1.807, 2.05) is 37.3 Å². The van der Waals surface area contributed by atoms with Crippen LogP contribution in [0.2, 0.25) is 5.02 Å². The Morgan fingerprint density at radius 1 is 1.28 bits per heavy atom. The van der Waals surface area contributed by atoms with Crippen molar-refractivity contribution in [3.05, 3.63) is 111 Å². The molecule has 4 rings (SSSR count). The molecule has 1 heterocycles. The number of rotatable bonds is 10. The summed E-state index contributed by atoms with van der Waals surface area (Å²) in [6.07, 6.45) is -1.69. The fourth-order valence-corrected chi connectivity index (χ4v) is 4.95. The van der Waals surface area contributed by atoms with Crippen LogP contribution in [0.4, 0.5) is 4.39 Å². The minimum atomic E-state index is -2.79. The van der Waals surface area contributed by atoms with Gasteiger partial charge in [0.05, 0.1) is 0 Å². The summed E-state index contributed by atoms with van der Waals surface area (Å²) >= 11 is 6.22. The third kappa shape index (κ3) is 7.23. The van der Waals surface area contributed by atoms with Crippen LogP contribution in [0.5, 0.6) is 0 Å². The monoisotopic (exact) mass is 586 g/mol. The van der Waals surface area contributed by atoms with Gasteiger partial charge in [0.2, 0.25) is 0 Å². The van der Waals surface area contributed by atoms with Crippen LogP contribution in [0.1, 0.15) is 40.3 Å². The van der Waals surface area contributed by atoms with Crippen molar-refractivity contribution in [2.45, 2.75) is 32.6 Å². The van der Waals surface area contributed by atoms with E-state index in [0.29, 0.717) is 21.5 Å². The van der Waals surface area contributed by atoms with Gasteiger partial charge in [0.25, 0.3) is 0 Å². The number of halogens is 2. The number of aryl methyl sites for hydroxylation is 1. The predicted molar refractivity (Wildman–Crippen MR) is 162 cm³/mol. The molecular weight excluding hydrogens is 555 g/mol. The van der Waals surface area contributed by atoms with E-state index in [1.54, 1.807) is 49.4 Å². The average molecular weight is 587 g/mol. The molecule has 1 aromatic heterocycles. The maximum absolute atomic E-state index is 15.4. The van der Waals surface area contributed by atoms with E-state index >= 15 is 4.39 Å². The second kappa shape index (κ2) is 13.0. The Morgan fingerprint density at radius 3 is 2.69 bits per heavy atom. The van der Waals surface area contributed by atoms with Crippen molar-refractivity contribution in [2.75, 3.05) is 13.2 Å². The molecule has 0 saturated heterocycles. The fourth-order valence-electron chi connectivity index (χ4n) is 4.28. The second-order valence-corrected chi connectivity index (χ2v) is 11.7. The van der Waals surface area contributed by atoms with Gasteiger partial charge in [-0.3, -0.25) is 0 Å². The molecule has 6 nitrogen and oxygen atoms in total. The predicted octanol–water partition coefficient (Wildman–Crippen LogP) is 5.10. The third-order valence-electron chi connectivity index (χ3n) is 6.30. The quantitative estimate of drug-likeness (QED) is 0.160. The smallest absolute Gasteiger partial charge is 0.0622 e. The van der Waals surface area contributed by atoms with Crippen LogP contribution < -0.4 is 5.56 Å². The molecule has 0 aliphatic carbocycles. The molecule has 39 heavy (non-hydrogen) atoms. The Kier molecular flexibility index (Phi) is 8.80. The molecule has 0 aliphatic rings. The van der Waals surface area contributed by atoms with Crippen molar-refractivity contribution >= 4 is 52.8 Å². The topological polar surface area (TPSA) is 64.4 Å². The first kappa shape index (κ1) is 26.4. The molecule has 0 aliphatic heterocycles. The number of nitrogens with zero attached hydrogens (tertiary/aromatic N) is 3. The molecule has 0 fully saturated rings. The molecule has 0 saturated carbocycles. The normalized spacial score (nSPS) is 15.0. The van der Waals surface area contributed by atoms with E-state index in [2.05, 4.69) is 8.02 Å². The first-order chi connectivity index (χ1) is 19.5. The molecule has 1 amide bonds. The van der Waals surface area contributed by atoms with E-state index in [1.165, 1.54) is 9.47 Å². The van der Waals surface area contributed by atoms with Crippen LogP contribution in [-0.4, -0.2) is 48.8 Å². The number of carbonyl (C=O) groups is 1. The van der Waals surface area contributed by atoms with Gasteiger partial charge in [-0.25, -0.2) is 0 Å². The molecule has 11 heteroatoms. The fraction of sp³-hybridized carbons (Fsp3) is 0.250. The summed E-state index contributed by atoms with van der Waals surface area (Å²) in [6, 6.07) is 20.3. The molecule has 0 N–H and O–H groups in total. The number of thiol groups is 1. The Balaban J connectivity index is 1.82. The van der Waals surface area contributed by atoms with Gasteiger partial charge in [0.15, 0.2) is 0 Å². The summed E-state index contributed by atoms with van der Waals surface area (Å²) in [7, 11) is 0.236. The number of fused-ring (bicyclic) bond motifs is 1. The first-order valence-corrected chi connectivity index (χ1v) is 15.0. The van der Waals surface area contributed by atoms with Gasteiger partial charge in [-0.2, -0.15) is 0 Å². The Morgan fingerprint density at radius 2 is 2.00 bits per heavy atom. The summed E-state index contributed by atoms with van der Waals surface area (Å²) in [5.74, 6) is -0.191. The van der Waals surface area contributed by atoms with Gasteiger partial charge in [-0.15, -0.1) is 0 Å². The zero-order valence-corrected chi connectivity index (χ0v) is 24.1. The summed E-state index contributed by atoms with van der Waals surface area (Å²) in [5, 5.41) is 0.771. The molecule has 0 radical (unpaired) electrons. The number of hydrogen-bond acceptors (Lipinski definition) is 4. The summed E-state index contributed by atoms with van der Waals surface area (Å²) in [6.45, 7) is 3.63. The van der Waals surface area contributed by atoms with Crippen LogP contribution in [0, 0.1) is 6.92 Å². The Labute approximate surface area is 239 Å². The van der Waals surface area contributed by atoms with Gasteiger partial charge in [0, 0.05) is 0 Å². The van der Waals surface area contributed by atoms with Crippen LogP contribution in [0.15, 0.2) is 77.6 Å². The van der Waals surface area contributed by atoms with Gasteiger partial charge in [-0.1, -0.05) is 29.8 Å². The van der Waals surface area contributed by atoms with Gasteiger partial charge < -0.3 is 0 Å². The Bertz CT molecular complexity index is 1740.